The minimum atomic E-state index is -4.81. The van der Waals surface area contributed by atoms with Crippen molar-refractivity contribution in [2.24, 2.45) is 0 Å². The first-order valence-electron chi connectivity index (χ1n) is 10.3. The summed E-state index contributed by atoms with van der Waals surface area (Å²) in [5, 5.41) is 11.8. The Hall–Kier alpha value is -3.13. The number of likely N-dealkylation sites (N-methyl/N-ethyl adjacent to an activating group) is 2. The Morgan fingerprint density at radius 3 is 2.53 bits per heavy atom. The van der Waals surface area contributed by atoms with E-state index in [0.717, 1.165) is 17.4 Å². The molecule has 1 fully saturated rings. The average Bonchev–Trinajstić information content (AvgIpc) is 3.13. The van der Waals surface area contributed by atoms with E-state index in [0.29, 0.717) is 36.1 Å². The van der Waals surface area contributed by atoms with E-state index in [9.17, 15) is 27.6 Å². The van der Waals surface area contributed by atoms with E-state index in [-0.39, 0.29) is 35.9 Å². The molecule has 10 nitrogen and oxygen atoms in total. The van der Waals surface area contributed by atoms with Crippen molar-refractivity contribution in [2.75, 3.05) is 45.6 Å². The van der Waals surface area contributed by atoms with E-state index < -0.39 is 18.4 Å². The van der Waals surface area contributed by atoms with Crippen molar-refractivity contribution < 1.29 is 37.4 Å². The number of nitrogens with one attached hydrogen (secondary N) is 1. The SMILES string of the molecule is CN(CC(=O)Nc1nc2ccc(OC(F)(F)F)cc2s1)C(=O)CN(C)C1CCN(C(=O)O)CC1. The number of halogens is 3. The van der Waals surface area contributed by atoms with Crippen molar-refractivity contribution in [1.29, 1.82) is 0 Å². The summed E-state index contributed by atoms with van der Waals surface area (Å²) in [7, 11) is 3.27. The van der Waals surface area contributed by atoms with Gasteiger partial charge >= 0.3 is 12.5 Å². The predicted octanol–water partition coefficient (Wildman–Crippen LogP) is 2.67. The first-order valence-corrected chi connectivity index (χ1v) is 11.1. The molecule has 2 aromatic rings. The van der Waals surface area contributed by atoms with Crippen molar-refractivity contribution in [1.82, 2.24) is 19.7 Å². The molecule has 0 spiro atoms. The van der Waals surface area contributed by atoms with Crippen LogP contribution in [-0.2, 0) is 9.59 Å². The van der Waals surface area contributed by atoms with Gasteiger partial charge in [-0.2, -0.15) is 0 Å². The molecular formula is C20H24F3N5O5S. The van der Waals surface area contributed by atoms with Crippen LogP contribution in [-0.4, -0.2) is 95.4 Å². The molecule has 1 aromatic heterocycles. The van der Waals surface area contributed by atoms with Gasteiger partial charge in [-0.3, -0.25) is 14.5 Å². The maximum absolute atomic E-state index is 12.5. The molecule has 0 unspecified atom stereocenters. The molecule has 1 aliphatic rings. The van der Waals surface area contributed by atoms with Crippen LogP contribution in [0.4, 0.5) is 23.1 Å². The number of rotatable bonds is 7. The van der Waals surface area contributed by atoms with Crippen LogP contribution >= 0.6 is 11.3 Å². The Balaban J connectivity index is 1.49. The van der Waals surface area contributed by atoms with E-state index in [1.165, 1.54) is 29.0 Å². The lowest BCUT2D eigenvalue weighted by molar-refractivity contribution is -0.274. The van der Waals surface area contributed by atoms with Crippen LogP contribution < -0.4 is 10.1 Å². The summed E-state index contributed by atoms with van der Waals surface area (Å²) in [5.41, 5.74) is 0.398. The Bertz CT molecular complexity index is 1050. The zero-order chi connectivity index (χ0) is 25.0. The Labute approximate surface area is 196 Å². The molecule has 0 radical (unpaired) electrons. The van der Waals surface area contributed by atoms with Crippen molar-refractivity contribution in [3.8, 4) is 5.75 Å². The molecule has 3 rings (SSSR count). The largest absolute Gasteiger partial charge is 0.573 e. The minimum absolute atomic E-state index is 0.0655. The third kappa shape index (κ3) is 6.93. The highest BCUT2D eigenvalue weighted by Gasteiger charge is 2.31. The van der Waals surface area contributed by atoms with Crippen LogP contribution in [0.2, 0.25) is 0 Å². The van der Waals surface area contributed by atoms with Crippen molar-refractivity contribution >= 4 is 44.6 Å². The van der Waals surface area contributed by atoms with Gasteiger partial charge in [0, 0.05) is 32.2 Å². The number of anilines is 1. The molecule has 0 atom stereocenters. The van der Waals surface area contributed by atoms with Crippen LogP contribution in [0, 0.1) is 0 Å². The molecule has 0 saturated carbocycles. The molecule has 1 saturated heterocycles. The van der Waals surface area contributed by atoms with Crippen LogP contribution in [0.3, 0.4) is 0 Å². The number of hydrogen-bond acceptors (Lipinski definition) is 7. The van der Waals surface area contributed by atoms with Crippen molar-refractivity contribution in [2.45, 2.75) is 25.2 Å². The zero-order valence-electron chi connectivity index (χ0n) is 18.5. The van der Waals surface area contributed by atoms with Gasteiger partial charge in [0.15, 0.2) is 5.13 Å². The predicted molar refractivity (Wildman–Crippen MR) is 118 cm³/mol. The summed E-state index contributed by atoms with van der Waals surface area (Å²) in [6.45, 7) is 0.651. The second kappa shape index (κ2) is 10.4. The monoisotopic (exact) mass is 503 g/mol. The van der Waals surface area contributed by atoms with E-state index >= 15 is 0 Å². The first-order chi connectivity index (χ1) is 15.9. The maximum Gasteiger partial charge on any atom is 0.573 e. The number of nitrogens with zero attached hydrogens (tertiary/aromatic N) is 4. The number of likely N-dealkylation sites (tertiary alicyclic amines) is 1. The third-order valence-corrected chi connectivity index (χ3v) is 6.32. The number of carbonyl (C=O) groups excluding carboxylic acids is 2. The number of fused-ring (bicyclic) bond motifs is 1. The molecular weight excluding hydrogens is 479 g/mol. The van der Waals surface area contributed by atoms with Crippen LogP contribution in [0.1, 0.15) is 12.8 Å². The normalized spacial score (nSPS) is 14.9. The zero-order valence-corrected chi connectivity index (χ0v) is 19.3. The molecule has 2 heterocycles. The number of carbonyl (C=O) groups is 3. The highest BCUT2D eigenvalue weighted by atomic mass is 32.1. The van der Waals surface area contributed by atoms with Crippen LogP contribution in [0.15, 0.2) is 18.2 Å². The number of benzene rings is 1. The minimum Gasteiger partial charge on any atom is -0.465 e. The summed E-state index contributed by atoms with van der Waals surface area (Å²) in [4.78, 5) is 44.5. The lowest BCUT2D eigenvalue weighted by Crippen LogP contribution is -2.48. The second-order valence-corrected chi connectivity index (χ2v) is 8.94. The van der Waals surface area contributed by atoms with E-state index in [1.54, 1.807) is 7.05 Å². The molecule has 14 heteroatoms. The highest BCUT2D eigenvalue weighted by Crippen LogP contribution is 2.31. The fourth-order valence-electron chi connectivity index (χ4n) is 3.58. The Kier molecular flexibility index (Phi) is 7.82. The summed E-state index contributed by atoms with van der Waals surface area (Å²) in [5.74, 6) is -1.17. The van der Waals surface area contributed by atoms with Gasteiger partial charge in [0.25, 0.3) is 0 Å². The van der Waals surface area contributed by atoms with Gasteiger partial charge in [0.05, 0.1) is 23.3 Å². The van der Waals surface area contributed by atoms with Crippen LogP contribution in [0.5, 0.6) is 5.75 Å². The Morgan fingerprint density at radius 2 is 1.91 bits per heavy atom. The quantitative estimate of drug-likeness (QED) is 0.597. The number of aromatic nitrogens is 1. The van der Waals surface area contributed by atoms with Gasteiger partial charge in [-0.1, -0.05) is 11.3 Å². The second-order valence-electron chi connectivity index (χ2n) is 7.91. The van der Waals surface area contributed by atoms with Gasteiger partial charge in [-0.05, 0) is 32.0 Å². The lowest BCUT2D eigenvalue weighted by atomic mass is 10.0. The van der Waals surface area contributed by atoms with Gasteiger partial charge in [-0.25, -0.2) is 9.78 Å². The van der Waals surface area contributed by atoms with E-state index in [1.807, 2.05) is 4.90 Å². The van der Waals surface area contributed by atoms with Gasteiger partial charge < -0.3 is 25.0 Å². The number of thiazole rings is 1. The Morgan fingerprint density at radius 1 is 1.24 bits per heavy atom. The van der Waals surface area contributed by atoms with Crippen molar-refractivity contribution in [3.05, 3.63) is 18.2 Å². The first kappa shape index (κ1) is 25.5. The molecule has 1 aromatic carbocycles. The van der Waals surface area contributed by atoms with E-state index in [4.69, 9.17) is 5.11 Å². The highest BCUT2D eigenvalue weighted by molar-refractivity contribution is 7.22. The summed E-state index contributed by atoms with van der Waals surface area (Å²) in [6.07, 6.45) is -4.52. The molecule has 1 aliphatic heterocycles. The van der Waals surface area contributed by atoms with Gasteiger partial charge in [-0.15, -0.1) is 13.2 Å². The standard InChI is InChI=1S/C20H24F3N5O5S/c1-26(12-5-7-28(8-6-12)19(31)32)11-17(30)27(2)10-16(29)25-18-24-14-4-3-13(9-15(14)34-18)33-20(21,22)23/h3-4,9,12H,5-8,10-11H2,1-2H3,(H,31,32)(H,24,25,29). The smallest absolute Gasteiger partial charge is 0.465 e. The maximum atomic E-state index is 12.5. The number of alkyl halides is 3. The summed E-state index contributed by atoms with van der Waals surface area (Å²) < 4.78 is 41.4. The molecule has 2 N–H and O–H groups in total. The fourth-order valence-corrected chi connectivity index (χ4v) is 4.49. The lowest BCUT2D eigenvalue weighted by Gasteiger charge is -2.35. The van der Waals surface area contributed by atoms with E-state index in [2.05, 4.69) is 15.0 Å². The molecule has 0 bridgehead atoms. The third-order valence-electron chi connectivity index (χ3n) is 5.39. The average molecular weight is 504 g/mol. The van der Waals surface area contributed by atoms with Crippen molar-refractivity contribution in [3.63, 3.8) is 0 Å². The van der Waals surface area contributed by atoms with Gasteiger partial charge in [0.1, 0.15) is 5.75 Å². The summed E-state index contributed by atoms with van der Waals surface area (Å²) >= 11 is 0.985. The topological polar surface area (TPSA) is 115 Å². The summed E-state index contributed by atoms with van der Waals surface area (Å²) in [6, 6.07) is 3.74. The van der Waals surface area contributed by atoms with Gasteiger partial charge in [0.2, 0.25) is 11.8 Å². The number of piperidine rings is 1. The number of hydrogen-bond donors (Lipinski definition) is 2. The molecule has 0 aliphatic carbocycles. The number of carboxylic acid groups (broad SMARTS) is 1. The van der Waals surface area contributed by atoms with Crippen LogP contribution in [0.25, 0.3) is 10.2 Å². The number of ether oxygens (including phenoxy) is 1. The number of amides is 3. The molecule has 34 heavy (non-hydrogen) atoms. The molecule has 3 amide bonds. The molecule has 186 valence electrons. The fraction of sp³-hybridized carbons (Fsp3) is 0.500.